The highest BCUT2D eigenvalue weighted by atomic mass is 16.5. The average Bonchev–Trinajstić information content (AvgIpc) is 2.83. The van der Waals surface area contributed by atoms with E-state index in [4.69, 9.17) is 4.74 Å². The summed E-state index contributed by atoms with van der Waals surface area (Å²) in [5.74, 6) is -0.162. The van der Waals surface area contributed by atoms with E-state index in [2.05, 4.69) is 44.7 Å². The van der Waals surface area contributed by atoms with Gasteiger partial charge in [-0.25, -0.2) is 0 Å². The molecule has 0 radical (unpaired) electrons. The van der Waals surface area contributed by atoms with Crippen molar-refractivity contribution in [2.45, 2.75) is 19.1 Å². The Kier molecular flexibility index (Phi) is 8.12. The third kappa shape index (κ3) is 6.53. The second-order valence-corrected chi connectivity index (χ2v) is 8.58. The summed E-state index contributed by atoms with van der Waals surface area (Å²) in [4.78, 5) is 17.2. The van der Waals surface area contributed by atoms with Gasteiger partial charge >= 0.3 is 0 Å². The number of fused-ring (bicyclic) bond motifs is 1. The Hall–Kier alpha value is -2.45. The van der Waals surface area contributed by atoms with Gasteiger partial charge in [0.1, 0.15) is 0 Å². The molecule has 1 unspecified atom stereocenters. The summed E-state index contributed by atoms with van der Waals surface area (Å²) in [6.07, 6.45) is 0.402. The number of aliphatic hydroxyl groups excluding tert-OH is 1. The number of carbonyl (C=O) groups is 1. The van der Waals surface area contributed by atoms with Crippen molar-refractivity contribution in [3.8, 4) is 0 Å². The van der Waals surface area contributed by atoms with Crippen LogP contribution >= 0.6 is 0 Å². The number of benzene rings is 2. The van der Waals surface area contributed by atoms with Gasteiger partial charge in [0.05, 0.1) is 19.3 Å². The monoisotopic (exact) mass is 438 g/mol. The molecule has 3 N–H and O–H groups in total. The van der Waals surface area contributed by atoms with Crippen molar-refractivity contribution in [3.05, 3.63) is 65.2 Å². The van der Waals surface area contributed by atoms with Crippen LogP contribution < -0.4 is 10.6 Å². The molecular weight excluding hydrogens is 404 g/mol. The largest absolute Gasteiger partial charge is 0.390 e. The minimum absolute atomic E-state index is 0.162. The smallest absolute Gasteiger partial charge is 0.251 e. The molecule has 1 saturated heterocycles. The summed E-state index contributed by atoms with van der Waals surface area (Å²) in [7, 11) is 0. The molecule has 1 atom stereocenters. The first kappa shape index (κ1) is 22.7. The molecule has 172 valence electrons. The number of hydrogen-bond acceptors (Lipinski definition) is 6. The number of carbonyl (C=O) groups excluding carboxylic acids is 1. The van der Waals surface area contributed by atoms with Crippen molar-refractivity contribution in [1.29, 1.82) is 0 Å². The predicted octanol–water partition coefficient (Wildman–Crippen LogP) is 1.58. The van der Waals surface area contributed by atoms with Crippen LogP contribution in [0.1, 0.15) is 21.5 Å². The molecule has 2 aromatic carbocycles. The van der Waals surface area contributed by atoms with Crippen molar-refractivity contribution >= 4 is 11.6 Å². The molecule has 2 aliphatic heterocycles. The number of aliphatic hydroxyl groups is 1. The molecule has 1 fully saturated rings. The molecule has 0 aliphatic carbocycles. The molecule has 0 saturated carbocycles. The van der Waals surface area contributed by atoms with Crippen molar-refractivity contribution < 1.29 is 14.6 Å². The molecule has 0 bridgehead atoms. The van der Waals surface area contributed by atoms with Crippen LogP contribution in [0, 0.1) is 0 Å². The number of ether oxygens (including phenoxy) is 1. The standard InChI is InChI=1S/C25H34N4O3/c30-24(19-29-10-8-20-4-1-2-5-22(20)18-29)17-27-25(31)21-6-3-7-23(16-21)26-9-11-28-12-14-32-15-13-28/h1-7,16,24,26,30H,8-15,17-19H2,(H,27,31). The topological polar surface area (TPSA) is 77.1 Å². The Morgan fingerprint density at radius 3 is 2.69 bits per heavy atom. The van der Waals surface area contributed by atoms with E-state index >= 15 is 0 Å². The molecule has 2 heterocycles. The normalized spacial score (nSPS) is 18.0. The zero-order valence-electron chi connectivity index (χ0n) is 18.6. The van der Waals surface area contributed by atoms with Gasteiger partial charge in [-0.1, -0.05) is 30.3 Å². The minimum atomic E-state index is -0.598. The first-order chi connectivity index (χ1) is 15.7. The van der Waals surface area contributed by atoms with Crippen LogP contribution in [0.25, 0.3) is 0 Å². The molecule has 7 nitrogen and oxygen atoms in total. The van der Waals surface area contributed by atoms with Crippen LogP contribution in [-0.4, -0.2) is 85.9 Å². The molecule has 32 heavy (non-hydrogen) atoms. The second-order valence-electron chi connectivity index (χ2n) is 8.58. The number of hydrogen-bond donors (Lipinski definition) is 3. The molecule has 2 aromatic rings. The van der Waals surface area contributed by atoms with Gasteiger partial charge in [-0.05, 0) is 35.7 Å². The fraction of sp³-hybridized carbons (Fsp3) is 0.480. The van der Waals surface area contributed by atoms with Crippen LogP contribution in [0.3, 0.4) is 0 Å². The number of nitrogens with one attached hydrogen (secondary N) is 2. The summed E-state index contributed by atoms with van der Waals surface area (Å²) in [5.41, 5.74) is 4.25. The molecule has 7 heteroatoms. The van der Waals surface area contributed by atoms with Gasteiger partial charge < -0.3 is 20.5 Å². The van der Waals surface area contributed by atoms with E-state index in [1.54, 1.807) is 6.07 Å². The Morgan fingerprint density at radius 2 is 1.84 bits per heavy atom. The first-order valence-corrected chi connectivity index (χ1v) is 11.6. The van der Waals surface area contributed by atoms with Crippen LogP contribution in [0.5, 0.6) is 0 Å². The van der Waals surface area contributed by atoms with Crippen molar-refractivity contribution in [3.63, 3.8) is 0 Å². The number of rotatable bonds is 9. The molecule has 0 aromatic heterocycles. The summed E-state index contributed by atoms with van der Waals surface area (Å²) < 4.78 is 5.38. The number of nitrogens with zero attached hydrogens (tertiary/aromatic N) is 2. The van der Waals surface area contributed by atoms with Crippen LogP contribution in [0.15, 0.2) is 48.5 Å². The number of morpholine rings is 1. The second kappa shape index (κ2) is 11.4. The Balaban J connectivity index is 1.19. The van der Waals surface area contributed by atoms with Crippen molar-refractivity contribution in [2.24, 2.45) is 0 Å². The molecule has 1 amide bonds. The lowest BCUT2D eigenvalue weighted by atomic mass is 10.00. The zero-order valence-corrected chi connectivity index (χ0v) is 18.6. The lowest BCUT2D eigenvalue weighted by Gasteiger charge is -2.30. The number of β-amino-alcohol motifs (C(OH)–C–C–N with tert-alkyl or cyclic N) is 1. The van der Waals surface area contributed by atoms with Gasteiger partial charge in [0.25, 0.3) is 5.91 Å². The number of amides is 1. The van der Waals surface area contributed by atoms with Gasteiger partial charge in [-0.3, -0.25) is 14.6 Å². The Labute approximate surface area is 190 Å². The van der Waals surface area contributed by atoms with E-state index in [-0.39, 0.29) is 12.5 Å². The van der Waals surface area contributed by atoms with E-state index in [9.17, 15) is 9.90 Å². The summed E-state index contributed by atoms with van der Waals surface area (Å²) in [5, 5.41) is 16.7. The Morgan fingerprint density at radius 1 is 1.03 bits per heavy atom. The highest BCUT2D eigenvalue weighted by molar-refractivity contribution is 5.95. The number of anilines is 1. The van der Waals surface area contributed by atoms with Gasteiger partial charge in [0, 0.05) is 63.6 Å². The van der Waals surface area contributed by atoms with Crippen LogP contribution in [0.4, 0.5) is 5.69 Å². The van der Waals surface area contributed by atoms with Crippen LogP contribution in [-0.2, 0) is 17.7 Å². The fourth-order valence-corrected chi connectivity index (χ4v) is 4.34. The van der Waals surface area contributed by atoms with E-state index in [0.29, 0.717) is 12.1 Å². The van der Waals surface area contributed by atoms with E-state index in [1.165, 1.54) is 11.1 Å². The summed E-state index contributed by atoms with van der Waals surface area (Å²) in [6.45, 7) is 7.88. The van der Waals surface area contributed by atoms with Gasteiger partial charge in [-0.2, -0.15) is 0 Å². The fourth-order valence-electron chi connectivity index (χ4n) is 4.34. The maximum atomic E-state index is 12.6. The quantitative estimate of drug-likeness (QED) is 0.552. The van der Waals surface area contributed by atoms with E-state index < -0.39 is 6.10 Å². The van der Waals surface area contributed by atoms with E-state index in [0.717, 1.165) is 64.6 Å². The maximum Gasteiger partial charge on any atom is 0.251 e. The predicted molar refractivity (Wildman–Crippen MR) is 126 cm³/mol. The van der Waals surface area contributed by atoms with Crippen molar-refractivity contribution in [2.75, 3.05) is 64.3 Å². The van der Waals surface area contributed by atoms with Gasteiger partial charge in [-0.15, -0.1) is 0 Å². The van der Waals surface area contributed by atoms with Gasteiger partial charge in [0.2, 0.25) is 0 Å². The van der Waals surface area contributed by atoms with E-state index in [1.807, 2.05) is 18.2 Å². The van der Waals surface area contributed by atoms with Crippen LogP contribution in [0.2, 0.25) is 0 Å². The highest BCUT2D eigenvalue weighted by Crippen LogP contribution is 2.18. The zero-order chi connectivity index (χ0) is 22.2. The lowest BCUT2D eigenvalue weighted by Crippen LogP contribution is -2.42. The highest BCUT2D eigenvalue weighted by Gasteiger charge is 2.19. The molecular formula is C25H34N4O3. The molecule has 0 spiro atoms. The SMILES string of the molecule is O=C(NCC(O)CN1CCc2ccccc2C1)c1cccc(NCCN2CCOCC2)c1. The molecule has 2 aliphatic rings. The average molecular weight is 439 g/mol. The maximum absolute atomic E-state index is 12.6. The first-order valence-electron chi connectivity index (χ1n) is 11.6. The third-order valence-corrected chi connectivity index (χ3v) is 6.16. The third-order valence-electron chi connectivity index (χ3n) is 6.16. The lowest BCUT2D eigenvalue weighted by molar-refractivity contribution is 0.0398. The molecule has 4 rings (SSSR count). The summed E-state index contributed by atoms with van der Waals surface area (Å²) >= 11 is 0. The van der Waals surface area contributed by atoms with Crippen molar-refractivity contribution in [1.82, 2.24) is 15.1 Å². The minimum Gasteiger partial charge on any atom is -0.390 e. The van der Waals surface area contributed by atoms with Gasteiger partial charge in [0.15, 0.2) is 0 Å². The Bertz CT molecular complexity index is 885. The summed E-state index contributed by atoms with van der Waals surface area (Å²) in [6, 6.07) is 16.0.